The first-order valence-electron chi connectivity index (χ1n) is 10.3. The summed E-state index contributed by atoms with van der Waals surface area (Å²) in [5.74, 6) is 0.692. The van der Waals surface area contributed by atoms with E-state index in [9.17, 15) is 9.18 Å². The highest BCUT2D eigenvalue weighted by Crippen LogP contribution is 2.40. The number of pyridine rings is 1. The number of rotatable bonds is 0. The molecular weight excluding hydrogens is 401 g/mol. The van der Waals surface area contributed by atoms with Crippen LogP contribution in [-0.2, 0) is 0 Å². The number of urea groups is 1. The molecule has 0 saturated carbocycles. The molecule has 0 aromatic carbocycles. The lowest BCUT2D eigenvalue weighted by Gasteiger charge is -2.33. The summed E-state index contributed by atoms with van der Waals surface area (Å²) in [7, 11) is 1.69. The quantitative estimate of drug-likeness (QED) is 0.595. The molecule has 3 aromatic heterocycles. The zero-order chi connectivity index (χ0) is 21.8. The molecule has 2 aliphatic heterocycles. The Hall–Kier alpha value is -3.43. The third kappa shape index (κ3) is 3.51. The fourth-order valence-corrected chi connectivity index (χ4v) is 4.39. The lowest BCUT2D eigenvalue weighted by Crippen LogP contribution is -2.45. The van der Waals surface area contributed by atoms with Crippen LogP contribution in [0.25, 0.3) is 5.65 Å². The fourth-order valence-electron chi connectivity index (χ4n) is 4.39. The van der Waals surface area contributed by atoms with E-state index >= 15 is 0 Å². The zero-order valence-corrected chi connectivity index (χ0v) is 17.7. The van der Waals surface area contributed by atoms with Crippen LogP contribution in [-0.4, -0.2) is 56.3 Å². The molecule has 1 fully saturated rings. The molecule has 2 aliphatic rings. The molecule has 1 atom stereocenters. The molecule has 31 heavy (non-hydrogen) atoms. The van der Waals surface area contributed by atoms with Crippen molar-refractivity contribution < 1.29 is 13.9 Å². The minimum Gasteiger partial charge on any atom is -0.469 e. The van der Waals surface area contributed by atoms with Crippen LogP contribution in [0.3, 0.4) is 0 Å². The number of aromatic nitrogens is 4. The molecule has 162 valence electrons. The Balaban J connectivity index is 1.68. The summed E-state index contributed by atoms with van der Waals surface area (Å²) < 4.78 is 22.1. The number of halogens is 1. The number of ether oxygens (including phenoxy) is 1. The van der Waals surface area contributed by atoms with Gasteiger partial charge in [0.05, 0.1) is 25.0 Å². The van der Waals surface area contributed by atoms with Gasteiger partial charge >= 0.3 is 6.03 Å². The first-order chi connectivity index (χ1) is 14.8. The molecule has 1 saturated heterocycles. The minimum atomic E-state index is -0.750. The monoisotopic (exact) mass is 425 g/mol. The summed E-state index contributed by atoms with van der Waals surface area (Å²) in [5, 5.41) is 7.18. The molecule has 0 spiro atoms. The maximum atomic E-state index is 14.2. The maximum Gasteiger partial charge on any atom is 0.321 e. The first kappa shape index (κ1) is 19.5. The number of hydrogen-bond acceptors (Lipinski definition) is 6. The molecule has 2 bridgehead atoms. The minimum absolute atomic E-state index is 0.120. The highest BCUT2D eigenvalue weighted by Gasteiger charge is 2.34. The Morgan fingerprint density at radius 1 is 1.32 bits per heavy atom. The Labute approximate surface area is 178 Å². The van der Waals surface area contributed by atoms with Crippen molar-refractivity contribution in [2.24, 2.45) is 0 Å². The summed E-state index contributed by atoms with van der Waals surface area (Å²) in [6.07, 6.45) is 6.32. The van der Waals surface area contributed by atoms with Crippen molar-refractivity contribution in [1.82, 2.24) is 24.5 Å². The number of nitrogens with one attached hydrogen (secondary N) is 1. The molecule has 9 nitrogen and oxygen atoms in total. The first-order valence-corrected chi connectivity index (χ1v) is 10.3. The number of fused-ring (bicyclic) bond motifs is 5. The number of likely N-dealkylation sites (N-methyl/N-ethyl adjacent to an activating group) is 1. The number of hydrogen-bond donors (Lipinski definition) is 1. The van der Waals surface area contributed by atoms with Crippen molar-refractivity contribution in [3.05, 3.63) is 42.1 Å². The van der Waals surface area contributed by atoms with Gasteiger partial charge in [-0.05, 0) is 38.8 Å². The van der Waals surface area contributed by atoms with Crippen LogP contribution in [0.15, 0.2) is 30.7 Å². The summed E-state index contributed by atoms with van der Waals surface area (Å²) in [4.78, 5) is 25.5. The van der Waals surface area contributed by atoms with Crippen molar-refractivity contribution in [3.63, 3.8) is 0 Å². The van der Waals surface area contributed by atoms with Crippen LogP contribution < -0.4 is 15.0 Å². The summed E-state index contributed by atoms with van der Waals surface area (Å²) in [6, 6.07) is 2.94. The average molecular weight is 425 g/mol. The van der Waals surface area contributed by atoms with E-state index in [1.54, 1.807) is 17.8 Å². The zero-order valence-electron chi connectivity index (χ0n) is 17.7. The van der Waals surface area contributed by atoms with E-state index in [0.29, 0.717) is 29.3 Å². The molecular formula is C21H24FN7O2. The summed E-state index contributed by atoms with van der Waals surface area (Å²) in [6.45, 7) is 4.83. The number of carbonyl (C=O) groups is 1. The topological polar surface area (TPSA) is 87.9 Å². The SMILES string of the molecule is CN1CC(C)(C)Oc2ncc(F)cc2[C@H]2CCCN2c2ccn3ncc(c3n2)NC1=O. The standard InChI is InChI=1S/C21H24FN7O2/c1-21(2)12-27(3)20(30)25-15-11-24-29-8-6-17(26-18(15)29)28-7-4-5-16(28)14-9-13(22)10-23-19(14)31-21/h6,8-11,16H,4-5,7,12H2,1-3H3,(H,25,30)/t16-/m1/s1. The number of carbonyl (C=O) groups excluding carboxylic acids is 1. The van der Waals surface area contributed by atoms with E-state index in [4.69, 9.17) is 9.72 Å². The Bertz CT molecular complexity index is 1160. The van der Waals surface area contributed by atoms with Crippen LogP contribution in [0.1, 0.15) is 38.3 Å². The van der Waals surface area contributed by atoms with Gasteiger partial charge in [-0.2, -0.15) is 5.10 Å². The van der Waals surface area contributed by atoms with Crippen LogP contribution in [0.4, 0.5) is 20.7 Å². The highest BCUT2D eigenvalue weighted by molar-refractivity contribution is 5.93. The van der Waals surface area contributed by atoms with Crippen molar-refractivity contribution in [2.45, 2.75) is 38.3 Å². The number of anilines is 2. The molecule has 5 rings (SSSR count). The Kier molecular flexibility index (Phi) is 4.45. The largest absolute Gasteiger partial charge is 0.469 e. The molecule has 3 aromatic rings. The van der Waals surface area contributed by atoms with E-state index in [2.05, 4.69) is 20.3 Å². The van der Waals surface area contributed by atoms with Gasteiger partial charge in [-0.3, -0.25) is 0 Å². The van der Waals surface area contributed by atoms with Crippen molar-refractivity contribution in [3.8, 4) is 5.88 Å². The average Bonchev–Trinajstić information content (AvgIpc) is 3.35. The van der Waals surface area contributed by atoms with E-state index in [0.717, 1.165) is 31.4 Å². The smallest absolute Gasteiger partial charge is 0.321 e. The molecule has 0 radical (unpaired) electrons. The molecule has 0 unspecified atom stereocenters. The van der Waals surface area contributed by atoms with Gasteiger partial charge in [-0.1, -0.05) is 0 Å². The summed E-state index contributed by atoms with van der Waals surface area (Å²) >= 11 is 0. The van der Waals surface area contributed by atoms with E-state index in [1.165, 1.54) is 11.0 Å². The third-order valence-electron chi connectivity index (χ3n) is 5.69. The van der Waals surface area contributed by atoms with Crippen molar-refractivity contribution >= 4 is 23.2 Å². The molecule has 5 heterocycles. The lowest BCUT2D eigenvalue weighted by molar-refractivity contribution is 0.0734. The Morgan fingerprint density at radius 3 is 3.00 bits per heavy atom. The molecule has 2 amide bonds. The van der Waals surface area contributed by atoms with Gasteiger partial charge in [-0.25, -0.2) is 23.7 Å². The van der Waals surface area contributed by atoms with Gasteiger partial charge in [-0.15, -0.1) is 0 Å². The third-order valence-corrected chi connectivity index (χ3v) is 5.69. The van der Waals surface area contributed by atoms with Crippen molar-refractivity contribution in [2.75, 3.05) is 30.4 Å². The van der Waals surface area contributed by atoms with Gasteiger partial charge in [0.2, 0.25) is 5.88 Å². The predicted octanol–water partition coefficient (Wildman–Crippen LogP) is 3.24. The van der Waals surface area contributed by atoms with Gasteiger partial charge in [0.25, 0.3) is 0 Å². The lowest BCUT2D eigenvalue weighted by atomic mass is 10.0. The van der Waals surface area contributed by atoms with Gasteiger partial charge in [0.1, 0.15) is 22.9 Å². The molecule has 1 N–H and O–H groups in total. The van der Waals surface area contributed by atoms with Gasteiger partial charge in [0, 0.05) is 25.4 Å². The second kappa shape index (κ2) is 7.07. The summed E-state index contributed by atoms with van der Waals surface area (Å²) in [5.41, 5.74) is 1.01. The predicted molar refractivity (Wildman–Crippen MR) is 113 cm³/mol. The van der Waals surface area contributed by atoms with E-state index in [1.807, 2.05) is 26.1 Å². The van der Waals surface area contributed by atoms with Crippen LogP contribution in [0, 0.1) is 5.82 Å². The normalized spacial score (nSPS) is 20.8. The van der Waals surface area contributed by atoms with Crippen molar-refractivity contribution in [1.29, 1.82) is 0 Å². The number of nitrogens with zero attached hydrogens (tertiary/aromatic N) is 6. The second-order valence-electron chi connectivity index (χ2n) is 8.66. The second-order valence-corrected chi connectivity index (χ2v) is 8.66. The fraction of sp³-hybridized carbons (Fsp3) is 0.429. The van der Waals surface area contributed by atoms with E-state index < -0.39 is 11.4 Å². The highest BCUT2D eigenvalue weighted by atomic mass is 19.1. The molecule has 10 heteroatoms. The van der Waals surface area contributed by atoms with Crippen LogP contribution >= 0.6 is 0 Å². The maximum absolute atomic E-state index is 14.2. The van der Waals surface area contributed by atoms with Crippen LogP contribution in [0.5, 0.6) is 5.88 Å². The molecule has 0 aliphatic carbocycles. The van der Waals surface area contributed by atoms with Gasteiger partial charge < -0.3 is 19.9 Å². The van der Waals surface area contributed by atoms with Crippen LogP contribution in [0.2, 0.25) is 0 Å². The van der Waals surface area contributed by atoms with Gasteiger partial charge in [0.15, 0.2) is 5.65 Å². The number of amides is 2. The Morgan fingerprint density at radius 2 is 2.16 bits per heavy atom. The van der Waals surface area contributed by atoms with E-state index in [-0.39, 0.29) is 12.1 Å².